The normalized spacial score (nSPS) is 12.6. The molecule has 1 amide bonds. The Balaban J connectivity index is 2.50. The Morgan fingerprint density at radius 3 is 2.71 bits per heavy atom. The second-order valence-corrected chi connectivity index (χ2v) is 3.26. The van der Waals surface area contributed by atoms with Gasteiger partial charge in [0.05, 0.1) is 18.3 Å². The van der Waals surface area contributed by atoms with Crippen molar-refractivity contribution in [2.24, 2.45) is 5.73 Å². The molecule has 0 radical (unpaired) electrons. The molecule has 0 aliphatic carbocycles. The van der Waals surface area contributed by atoms with Gasteiger partial charge >= 0.3 is 0 Å². The summed E-state index contributed by atoms with van der Waals surface area (Å²) in [5.74, 6) is 1.07. The van der Waals surface area contributed by atoms with E-state index >= 15 is 0 Å². The number of rotatable bonds is 3. The van der Waals surface area contributed by atoms with Crippen molar-refractivity contribution in [3.8, 4) is 0 Å². The monoisotopic (exact) mass is 197 g/mol. The van der Waals surface area contributed by atoms with Crippen LogP contribution in [0.25, 0.3) is 0 Å². The molecule has 14 heavy (non-hydrogen) atoms. The van der Waals surface area contributed by atoms with Crippen LogP contribution in [-0.4, -0.2) is 16.9 Å². The number of amides is 1. The van der Waals surface area contributed by atoms with Crippen molar-refractivity contribution in [2.75, 3.05) is 0 Å². The lowest BCUT2D eigenvalue weighted by molar-refractivity contribution is -0.122. The van der Waals surface area contributed by atoms with Crippen LogP contribution >= 0.6 is 0 Å². The third kappa shape index (κ3) is 2.56. The topological polar surface area (TPSA) is 81.2 Å². The van der Waals surface area contributed by atoms with Gasteiger partial charge in [0.15, 0.2) is 0 Å². The number of oxazole rings is 1. The minimum atomic E-state index is -0.507. The van der Waals surface area contributed by atoms with Gasteiger partial charge in [-0.3, -0.25) is 4.79 Å². The van der Waals surface area contributed by atoms with Gasteiger partial charge in [0, 0.05) is 0 Å². The highest BCUT2D eigenvalue weighted by Gasteiger charge is 2.09. The summed E-state index contributed by atoms with van der Waals surface area (Å²) in [7, 11) is 0. The van der Waals surface area contributed by atoms with Crippen LogP contribution in [0.2, 0.25) is 0 Å². The minimum absolute atomic E-state index is 0.210. The summed E-state index contributed by atoms with van der Waals surface area (Å²) in [4.78, 5) is 15.2. The van der Waals surface area contributed by atoms with Crippen molar-refractivity contribution in [3.05, 3.63) is 17.3 Å². The largest absolute Gasteiger partial charge is 0.444 e. The number of carbonyl (C=O) groups is 1. The van der Waals surface area contributed by atoms with Gasteiger partial charge in [0.25, 0.3) is 0 Å². The third-order valence-corrected chi connectivity index (χ3v) is 1.90. The first-order chi connectivity index (χ1) is 6.50. The molecule has 0 saturated carbocycles. The number of carbonyl (C=O) groups excluding carboxylic acids is 1. The Labute approximate surface area is 82.7 Å². The molecule has 1 aromatic rings. The molecule has 1 aromatic heterocycles. The molecule has 1 rings (SSSR count). The molecule has 0 aliphatic heterocycles. The summed E-state index contributed by atoms with van der Waals surface area (Å²) in [6.07, 6.45) is 0. The maximum atomic E-state index is 11.1. The molecule has 0 spiro atoms. The Morgan fingerprint density at radius 2 is 2.29 bits per heavy atom. The zero-order chi connectivity index (χ0) is 10.7. The second kappa shape index (κ2) is 4.23. The van der Waals surface area contributed by atoms with Crippen molar-refractivity contribution >= 4 is 5.91 Å². The van der Waals surface area contributed by atoms with Gasteiger partial charge in [-0.25, -0.2) is 4.98 Å². The number of hydrogen-bond acceptors (Lipinski definition) is 4. The third-order valence-electron chi connectivity index (χ3n) is 1.90. The Bertz CT molecular complexity index is 311. The van der Waals surface area contributed by atoms with E-state index in [2.05, 4.69) is 10.3 Å². The molecule has 3 N–H and O–H groups in total. The highest BCUT2D eigenvalue weighted by Crippen LogP contribution is 2.07. The first-order valence-corrected chi connectivity index (χ1v) is 4.47. The van der Waals surface area contributed by atoms with Gasteiger partial charge in [-0.05, 0) is 20.8 Å². The number of nitrogens with two attached hydrogens (primary N) is 1. The Kier molecular flexibility index (Phi) is 3.24. The van der Waals surface area contributed by atoms with E-state index < -0.39 is 6.04 Å². The number of aryl methyl sites for hydroxylation is 2. The first kappa shape index (κ1) is 10.7. The average molecular weight is 197 g/mol. The molecule has 0 aliphatic rings. The fourth-order valence-electron chi connectivity index (χ4n) is 0.938. The lowest BCUT2D eigenvalue weighted by Gasteiger charge is -2.04. The van der Waals surface area contributed by atoms with Crippen molar-refractivity contribution < 1.29 is 9.21 Å². The van der Waals surface area contributed by atoms with E-state index in [1.54, 1.807) is 6.92 Å². The number of aromatic nitrogens is 1. The minimum Gasteiger partial charge on any atom is -0.444 e. The van der Waals surface area contributed by atoms with Crippen LogP contribution in [0.3, 0.4) is 0 Å². The van der Waals surface area contributed by atoms with Crippen LogP contribution in [0.15, 0.2) is 4.42 Å². The van der Waals surface area contributed by atoms with E-state index in [0.717, 1.165) is 11.5 Å². The molecule has 5 nitrogen and oxygen atoms in total. The average Bonchev–Trinajstić information content (AvgIpc) is 2.42. The van der Waals surface area contributed by atoms with Crippen LogP contribution in [0.1, 0.15) is 24.3 Å². The second-order valence-electron chi connectivity index (χ2n) is 3.26. The van der Waals surface area contributed by atoms with Gasteiger partial charge in [0.2, 0.25) is 11.8 Å². The van der Waals surface area contributed by atoms with E-state index in [1.165, 1.54) is 0 Å². The maximum absolute atomic E-state index is 11.1. The molecule has 0 saturated heterocycles. The van der Waals surface area contributed by atoms with Crippen LogP contribution in [-0.2, 0) is 11.3 Å². The van der Waals surface area contributed by atoms with E-state index in [-0.39, 0.29) is 12.5 Å². The number of nitrogens with one attached hydrogen (secondary N) is 1. The molecular formula is C9H15N3O2. The fraction of sp³-hybridized carbons (Fsp3) is 0.556. The van der Waals surface area contributed by atoms with E-state index in [0.29, 0.717) is 5.89 Å². The maximum Gasteiger partial charge on any atom is 0.237 e. The SMILES string of the molecule is Cc1nc(CNC(=O)[C@H](C)N)oc1C. The summed E-state index contributed by atoms with van der Waals surface area (Å²) in [5, 5.41) is 2.62. The van der Waals surface area contributed by atoms with Crippen LogP contribution in [0, 0.1) is 13.8 Å². The summed E-state index contributed by atoms with van der Waals surface area (Å²) < 4.78 is 5.28. The highest BCUT2D eigenvalue weighted by molar-refractivity contribution is 5.80. The smallest absolute Gasteiger partial charge is 0.237 e. The Hall–Kier alpha value is -1.36. The predicted molar refractivity (Wildman–Crippen MR) is 51.5 cm³/mol. The molecule has 0 unspecified atom stereocenters. The highest BCUT2D eigenvalue weighted by atomic mass is 16.4. The van der Waals surface area contributed by atoms with E-state index in [1.807, 2.05) is 13.8 Å². The summed E-state index contributed by atoms with van der Waals surface area (Å²) >= 11 is 0. The van der Waals surface area contributed by atoms with Gasteiger partial charge in [-0.1, -0.05) is 0 Å². The predicted octanol–water partition coefficient (Wildman–Crippen LogP) is 0.255. The first-order valence-electron chi connectivity index (χ1n) is 4.47. The van der Waals surface area contributed by atoms with E-state index in [4.69, 9.17) is 10.2 Å². The molecule has 1 atom stereocenters. The zero-order valence-corrected chi connectivity index (χ0v) is 8.63. The lowest BCUT2D eigenvalue weighted by Crippen LogP contribution is -2.37. The van der Waals surface area contributed by atoms with Gasteiger partial charge in [0.1, 0.15) is 5.76 Å². The van der Waals surface area contributed by atoms with Crippen LogP contribution in [0.4, 0.5) is 0 Å². The molecule has 0 aromatic carbocycles. The Morgan fingerprint density at radius 1 is 1.64 bits per heavy atom. The summed E-state index contributed by atoms with van der Waals surface area (Å²) in [5.41, 5.74) is 6.21. The molecular weight excluding hydrogens is 182 g/mol. The summed E-state index contributed by atoms with van der Waals surface area (Å²) in [6, 6.07) is -0.507. The van der Waals surface area contributed by atoms with Crippen molar-refractivity contribution in [1.82, 2.24) is 10.3 Å². The molecule has 78 valence electrons. The van der Waals surface area contributed by atoms with Crippen molar-refractivity contribution in [3.63, 3.8) is 0 Å². The molecule has 5 heteroatoms. The quantitative estimate of drug-likeness (QED) is 0.728. The zero-order valence-electron chi connectivity index (χ0n) is 8.63. The number of hydrogen-bond donors (Lipinski definition) is 2. The van der Waals surface area contributed by atoms with Crippen LogP contribution in [0.5, 0.6) is 0 Å². The van der Waals surface area contributed by atoms with E-state index in [9.17, 15) is 4.79 Å². The number of nitrogens with zero attached hydrogens (tertiary/aromatic N) is 1. The molecule has 0 bridgehead atoms. The van der Waals surface area contributed by atoms with Crippen molar-refractivity contribution in [1.29, 1.82) is 0 Å². The van der Waals surface area contributed by atoms with Gasteiger partial charge in [-0.2, -0.15) is 0 Å². The molecule has 0 fully saturated rings. The lowest BCUT2D eigenvalue weighted by atomic mass is 10.3. The molecule has 1 heterocycles. The summed E-state index contributed by atoms with van der Waals surface area (Å²) in [6.45, 7) is 5.60. The van der Waals surface area contributed by atoms with Gasteiger partial charge in [-0.15, -0.1) is 0 Å². The van der Waals surface area contributed by atoms with Crippen molar-refractivity contribution in [2.45, 2.75) is 33.4 Å². The van der Waals surface area contributed by atoms with Gasteiger partial charge < -0.3 is 15.5 Å². The van der Waals surface area contributed by atoms with Crippen LogP contribution < -0.4 is 11.1 Å². The standard InChI is InChI=1S/C9H15N3O2/c1-5(10)9(13)11-4-8-12-6(2)7(3)14-8/h5H,4,10H2,1-3H3,(H,11,13)/t5-/m0/s1. The fourth-order valence-corrected chi connectivity index (χ4v) is 0.938.